The molecule has 2 bridgehead atoms. The Balaban J connectivity index is 1.05. The minimum absolute atomic E-state index is 0.0929. The Bertz CT molecular complexity index is 1460. The molecule has 6 heteroatoms. The Morgan fingerprint density at radius 2 is 1.55 bits per heavy atom. The van der Waals surface area contributed by atoms with Gasteiger partial charge in [-0.05, 0) is 86.7 Å². The van der Waals surface area contributed by atoms with Crippen LogP contribution in [0.1, 0.15) is 66.9 Å². The summed E-state index contributed by atoms with van der Waals surface area (Å²) in [7, 11) is 0. The first-order chi connectivity index (χ1) is 19.6. The number of imidazole rings is 1. The fourth-order valence-corrected chi connectivity index (χ4v) is 7.85. The molecule has 0 saturated carbocycles. The van der Waals surface area contributed by atoms with Gasteiger partial charge in [0.2, 0.25) is 0 Å². The van der Waals surface area contributed by atoms with Crippen molar-refractivity contribution in [2.45, 2.75) is 68.5 Å². The van der Waals surface area contributed by atoms with Crippen molar-refractivity contribution in [2.75, 3.05) is 19.6 Å². The zero-order valence-corrected chi connectivity index (χ0v) is 23.0. The molecule has 0 radical (unpaired) electrons. The molecule has 3 atom stereocenters. The predicted octanol–water partition coefficient (Wildman–Crippen LogP) is 6.61. The van der Waals surface area contributed by atoms with Crippen LogP contribution < -0.4 is 0 Å². The largest absolute Gasteiger partial charge is 0.339 e. The third-order valence-electron chi connectivity index (χ3n) is 10.1. The Kier molecular flexibility index (Phi) is 6.67. The van der Waals surface area contributed by atoms with Crippen LogP contribution in [-0.4, -0.2) is 57.0 Å². The average Bonchev–Trinajstić information content (AvgIpc) is 3.53. The summed E-state index contributed by atoms with van der Waals surface area (Å²) in [6.45, 7) is 2.69. The maximum atomic E-state index is 13.7. The number of amides is 1. The van der Waals surface area contributed by atoms with Crippen molar-refractivity contribution >= 4 is 16.9 Å². The van der Waals surface area contributed by atoms with Crippen LogP contribution >= 0.6 is 0 Å². The number of benzene rings is 3. The molecule has 0 spiro atoms. The van der Waals surface area contributed by atoms with Gasteiger partial charge in [-0.3, -0.25) is 9.69 Å². The van der Waals surface area contributed by atoms with E-state index in [4.69, 9.17) is 0 Å². The summed E-state index contributed by atoms with van der Waals surface area (Å²) in [6, 6.07) is 27.2. The highest BCUT2D eigenvalue weighted by atomic mass is 19.1. The molecule has 1 aromatic heterocycles. The number of nitrogens with zero attached hydrogens (tertiary/aromatic N) is 4. The molecule has 206 valence electrons. The molecule has 4 heterocycles. The number of aromatic nitrogens is 2. The summed E-state index contributed by atoms with van der Waals surface area (Å²) in [5.74, 6) is -0.0765. The quantitative estimate of drug-likeness (QED) is 0.279. The van der Waals surface area contributed by atoms with Crippen LogP contribution in [0.15, 0.2) is 85.2 Å². The molecule has 0 aliphatic carbocycles. The highest BCUT2D eigenvalue weighted by Crippen LogP contribution is 2.44. The molecule has 5 nitrogen and oxygen atoms in total. The lowest BCUT2D eigenvalue weighted by atomic mass is 9.70. The van der Waals surface area contributed by atoms with Gasteiger partial charge in [-0.15, -0.1) is 0 Å². The summed E-state index contributed by atoms with van der Waals surface area (Å²) in [6.07, 6.45) is 9.78. The number of rotatable bonds is 6. The first-order valence-corrected chi connectivity index (χ1v) is 14.9. The van der Waals surface area contributed by atoms with Crippen LogP contribution in [0.3, 0.4) is 0 Å². The molecule has 4 aromatic rings. The van der Waals surface area contributed by atoms with Crippen molar-refractivity contribution in [3.63, 3.8) is 0 Å². The summed E-state index contributed by atoms with van der Waals surface area (Å²) >= 11 is 0. The first kappa shape index (κ1) is 25.5. The third-order valence-corrected chi connectivity index (χ3v) is 10.1. The van der Waals surface area contributed by atoms with Crippen molar-refractivity contribution in [3.05, 3.63) is 102 Å². The lowest BCUT2D eigenvalue weighted by molar-refractivity contribution is 0.0607. The van der Waals surface area contributed by atoms with Crippen molar-refractivity contribution in [3.8, 4) is 0 Å². The van der Waals surface area contributed by atoms with E-state index in [0.717, 1.165) is 68.3 Å². The number of carbonyl (C=O) groups excluding carboxylic acids is 1. The minimum atomic E-state index is -0.227. The van der Waals surface area contributed by atoms with E-state index >= 15 is 0 Å². The molecule has 0 N–H and O–H groups in total. The van der Waals surface area contributed by atoms with Gasteiger partial charge in [-0.25, -0.2) is 9.37 Å². The predicted molar refractivity (Wildman–Crippen MR) is 156 cm³/mol. The number of carbonyl (C=O) groups is 1. The van der Waals surface area contributed by atoms with Crippen LogP contribution in [0.25, 0.3) is 11.0 Å². The second-order valence-corrected chi connectivity index (χ2v) is 12.1. The summed E-state index contributed by atoms with van der Waals surface area (Å²) < 4.78 is 16.0. The summed E-state index contributed by atoms with van der Waals surface area (Å²) in [4.78, 5) is 22.5. The summed E-state index contributed by atoms with van der Waals surface area (Å²) in [5.41, 5.74) is 4.08. The SMILES string of the molecule is O=C(c1ccccc1)N1CCC(CCN2[C@@H]3CC[C@H]2CC(n2cnc4cc(F)ccc42)C3)(c2ccccc2)CC1. The molecular weight excluding hydrogens is 499 g/mol. The van der Waals surface area contributed by atoms with Crippen molar-refractivity contribution in [1.29, 1.82) is 0 Å². The van der Waals surface area contributed by atoms with Crippen LogP contribution in [0, 0.1) is 5.82 Å². The van der Waals surface area contributed by atoms with Gasteiger partial charge < -0.3 is 9.47 Å². The molecule has 3 aliphatic heterocycles. The van der Waals surface area contributed by atoms with Gasteiger partial charge in [-0.2, -0.15) is 0 Å². The van der Waals surface area contributed by atoms with Crippen molar-refractivity contribution in [1.82, 2.24) is 19.4 Å². The second kappa shape index (κ2) is 10.5. The molecule has 7 rings (SSSR count). The van der Waals surface area contributed by atoms with Crippen LogP contribution in [-0.2, 0) is 5.41 Å². The summed E-state index contributed by atoms with van der Waals surface area (Å²) in [5, 5.41) is 0. The van der Waals surface area contributed by atoms with Crippen LogP contribution in [0.4, 0.5) is 4.39 Å². The van der Waals surface area contributed by atoms with Gasteiger partial charge in [0.1, 0.15) is 5.82 Å². The van der Waals surface area contributed by atoms with Gasteiger partial charge in [0, 0.05) is 42.8 Å². The van der Waals surface area contributed by atoms with E-state index in [1.165, 1.54) is 24.5 Å². The van der Waals surface area contributed by atoms with E-state index < -0.39 is 0 Å². The molecule has 3 aromatic carbocycles. The molecule has 40 heavy (non-hydrogen) atoms. The van der Waals surface area contributed by atoms with E-state index in [9.17, 15) is 9.18 Å². The van der Waals surface area contributed by atoms with Crippen LogP contribution in [0.5, 0.6) is 0 Å². The topological polar surface area (TPSA) is 41.4 Å². The van der Waals surface area contributed by atoms with E-state index in [1.807, 2.05) is 47.6 Å². The number of hydrogen-bond donors (Lipinski definition) is 0. The molecule has 3 aliphatic rings. The zero-order chi connectivity index (χ0) is 27.1. The van der Waals surface area contributed by atoms with Gasteiger partial charge in [0.05, 0.1) is 17.4 Å². The fraction of sp³-hybridized carbons (Fsp3) is 0.412. The van der Waals surface area contributed by atoms with Gasteiger partial charge in [-0.1, -0.05) is 48.5 Å². The lowest BCUT2D eigenvalue weighted by Crippen LogP contribution is -2.49. The maximum Gasteiger partial charge on any atom is 0.253 e. The number of halogens is 1. The fourth-order valence-electron chi connectivity index (χ4n) is 7.85. The minimum Gasteiger partial charge on any atom is -0.339 e. The van der Waals surface area contributed by atoms with Crippen molar-refractivity contribution < 1.29 is 9.18 Å². The number of hydrogen-bond acceptors (Lipinski definition) is 3. The Morgan fingerprint density at radius 1 is 0.875 bits per heavy atom. The van der Waals surface area contributed by atoms with E-state index in [2.05, 4.69) is 44.8 Å². The van der Waals surface area contributed by atoms with E-state index in [0.29, 0.717) is 18.1 Å². The monoisotopic (exact) mass is 536 g/mol. The molecule has 1 unspecified atom stereocenters. The Hall–Kier alpha value is -3.51. The Labute approximate surface area is 235 Å². The normalized spacial score (nSPS) is 24.4. The van der Waals surface area contributed by atoms with Gasteiger partial charge >= 0.3 is 0 Å². The average molecular weight is 537 g/mol. The van der Waals surface area contributed by atoms with Crippen molar-refractivity contribution in [2.24, 2.45) is 0 Å². The first-order valence-electron chi connectivity index (χ1n) is 14.9. The zero-order valence-electron chi connectivity index (χ0n) is 23.0. The van der Waals surface area contributed by atoms with Gasteiger partial charge in [0.25, 0.3) is 5.91 Å². The number of likely N-dealkylation sites (tertiary alicyclic amines) is 1. The number of fused-ring (bicyclic) bond motifs is 3. The third kappa shape index (κ3) is 4.62. The molecule has 1 amide bonds. The molecule has 3 fully saturated rings. The van der Waals surface area contributed by atoms with E-state index in [-0.39, 0.29) is 17.1 Å². The van der Waals surface area contributed by atoms with E-state index in [1.54, 1.807) is 6.07 Å². The molecular formula is C34H37FN4O. The highest BCUT2D eigenvalue weighted by Gasteiger charge is 2.44. The highest BCUT2D eigenvalue weighted by molar-refractivity contribution is 5.94. The molecule has 3 saturated heterocycles. The lowest BCUT2D eigenvalue weighted by Gasteiger charge is -2.45. The second-order valence-electron chi connectivity index (χ2n) is 12.1. The smallest absolute Gasteiger partial charge is 0.253 e. The van der Waals surface area contributed by atoms with Gasteiger partial charge in [0.15, 0.2) is 0 Å². The standard InChI is InChI=1S/C34H37FN4O/c35-27-11-14-32-31(21-27)36-24-39(32)30-22-28-12-13-29(23-30)38(28)20-17-34(26-9-5-2-6-10-26)15-18-37(19-16-34)33(40)25-7-3-1-4-8-25/h1-11,14,21,24,28-30H,12-13,15-20,22-23H2/t28-,29+,30?. The maximum absolute atomic E-state index is 13.7. The Morgan fingerprint density at radius 3 is 2.25 bits per heavy atom. The number of piperidine rings is 2. The van der Waals surface area contributed by atoms with Crippen LogP contribution in [0.2, 0.25) is 0 Å².